The molecule has 9 nitrogen and oxygen atoms in total. The van der Waals surface area contributed by atoms with Crippen molar-refractivity contribution in [3.8, 4) is 0 Å². The maximum atomic E-state index is 12.8. The molecule has 0 bridgehead atoms. The molecule has 0 aliphatic carbocycles. The van der Waals surface area contributed by atoms with E-state index in [2.05, 4.69) is 62.5 Å². The lowest BCUT2D eigenvalue weighted by Gasteiger charge is -2.39. The number of ether oxygens (including phenoxy) is 4. The van der Waals surface area contributed by atoms with Gasteiger partial charge >= 0.3 is 5.97 Å². The molecule has 1 aliphatic heterocycles. The Balaban J connectivity index is 2.19. The number of carbonyl (C=O) groups is 1. The Kier molecular flexibility index (Phi) is 40.7. The molecule has 1 saturated heterocycles. The fourth-order valence-electron chi connectivity index (χ4n) is 7.62. The van der Waals surface area contributed by atoms with E-state index in [1.165, 1.54) is 135 Å². The zero-order valence-corrected chi connectivity index (χ0v) is 39.2. The van der Waals surface area contributed by atoms with Crippen molar-refractivity contribution in [2.45, 2.75) is 250 Å². The first-order valence-corrected chi connectivity index (χ1v) is 25.2. The van der Waals surface area contributed by atoms with Gasteiger partial charge in [0.05, 0.1) is 19.8 Å². The summed E-state index contributed by atoms with van der Waals surface area (Å²) in [6.45, 7) is 4.32. The van der Waals surface area contributed by atoms with E-state index in [9.17, 15) is 25.2 Å². The third kappa shape index (κ3) is 34.3. The predicted octanol–water partition coefficient (Wildman–Crippen LogP) is 12.1. The number of hydrogen-bond donors (Lipinski definition) is 4. The zero-order chi connectivity index (χ0) is 44.3. The molecule has 61 heavy (non-hydrogen) atoms. The van der Waals surface area contributed by atoms with Crippen molar-refractivity contribution in [1.82, 2.24) is 0 Å². The molecule has 9 heteroatoms. The molecule has 6 atom stereocenters. The summed E-state index contributed by atoms with van der Waals surface area (Å²) in [6, 6.07) is 0. The van der Waals surface area contributed by atoms with Gasteiger partial charge in [-0.3, -0.25) is 4.79 Å². The summed E-state index contributed by atoms with van der Waals surface area (Å²) < 4.78 is 22.8. The maximum Gasteiger partial charge on any atom is 0.306 e. The van der Waals surface area contributed by atoms with Crippen LogP contribution in [-0.4, -0.2) is 89.6 Å². The summed E-state index contributed by atoms with van der Waals surface area (Å²) in [5, 5.41) is 40.2. The van der Waals surface area contributed by atoms with Crippen LogP contribution >= 0.6 is 0 Å². The first kappa shape index (κ1) is 57.2. The first-order valence-electron chi connectivity index (χ1n) is 25.2. The van der Waals surface area contributed by atoms with E-state index < -0.39 is 43.4 Å². The summed E-state index contributed by atoms with van der Waals surface area (Å²) in [7, 11) is 0. The highest BCUT2D eigenvalue weighted by molar-refractivity contribution is 5.69. The van der Waals surface area contributed by atoms with Gasteiger partial charge in [-0.25, -0.2) is 0 Å². The summed E-state index contributed by atoms with van der Waals surface area (Å²) in [5.74, 6) is -0.329. The minimum absolute atomic E-state index is 0.108. The van der Waals surface area contributed by atoms with Crippen LogP contribution in [0.3, 0.4) is 0 Å². The van der Waals surface area contributed by atoms with Crippen molar-refractivity contribution in [1.29, 1.82) is 0 Å². The minimum atomic E-state index is -1.55. The number of unbranched alkanes of at least 4 members (excludes halogenated alkanes) is 24. The van der Waals surface area contributed by atoms with Crippen LogP contribution in [0.2, 0.25) is 0 Å². The molecular formula is C52H94O9. The van der Waals surface area contributed by atoms with Gasteiger partial charge in [-0.2, -0.15) is 0 Å². The van der Waals surface area contributed by atoms with Gasteiger partial charge in [-0.15, -0.1) is 0 Å². The zero-order valence-electron chi connectivity index (χ0n) is 39.2. The number of hydrogen-bond acceptors (Lipinski definition) is 9. The summed E-state index contributed by atoms with van der Waals surface area (Å²) >= 11 is 0. The van der Waals surface area contributed by atoms with Crippen molar-refractivity contribution >= 4 is 5.97 Å². The summed E-state index contributed by atoms with van der Waals surface area (Å²) in [4.78, 5) is 12.8. The minimum Gasteiger partial charge on any atom is -0.457 e. The van der Waals surface area contributed by atoms with Gasteiger partial charge in [0.25, 0.3) is 0 Å². The molecule has 0 radical (unpaired) electrons. The van der Waals surface area contributed by atoms with E-state index in [0.717, 1.165) is 57.8 Å². The van der Waals surface area contributed by atoms with Crippen molar-refractivity contribution in [3.05, 3.63) is 48.6 Å². The Morgan fingerprint density at radius 3 is 1.44 bits per heavy atom. The van der Waals surface area contributed by atoms with Gasteiger partial charge in [0.15, 0.2) is 6.29 Å². The highest BCUT2D eigenvalue weighted by Gasteiger charge is 2.44. The van der Waals surface area contributed by atoms with E-state index in [1.54, 1.807) is 0 Å². The van der Waals surface area contributed by atoms with Crippen molar-refractivity contribution < 1.29 is 44.2 Å². The van der Waals surface area contributed by atoms with E-state index in [-0.39, 0.29) is 19.2 Å². The fourth-order valence-corrected chi connectivity index (χ4v) is 7.62. The average molecular weight is 863 g/mol. The highest BCUT2D eigenvalue weighted by Crippen LogP contribution is 2.23. The normalized spacial score (nSPS) is 20.3. The lowest BCUT2D eigenvalue weighted by molar-refractivity contribution is -0.305. The second kappa shape index (κ2) is 43.4. The summed E-state index contributed by atoms with van der Waals surface area (Å²) in [6.07, 6.45) is 47.4. The molecule has 0 aromatic rings. The number of rotatable bonds is 43. The maximum absolute atomic E-state index is 12.8. The lowest BCUT2D eigenvalue weighted by atomic mass is 9.99. The molecule has 0 aromatic heterocycles. The average Bonchev–Trinajstić information content (AvgIpc) is 3.26. The Hall–Kier alpha value is -1.85. The third-order valence-corrected chi connectivity index (χ3v) is 11.5. The smallest absolute Gasteiger partial charge is 0.306 e. The molecule has 1 rings (SSSR count). The first-order chi connectivity index (χ1) is 29.9. The largest absolute Gasteiger partial charge is 0.457 e. The molecule has 0 saturated carbocycles. The third-order valence-electron chi connectivity index (χ3n) is 11.5. The van der Waals surface area contributed by atoms with Gasteiger partial charge in [0.2, 0.25) is 0 Å². The number of allylic oxidation sites excluding steroid dienone is 8. The van der Waals surface area contributed by atoms with Crippen molar-refractivity contribution in [2.75, 3.05) is 26.4 Å². The molecule has 4 N–H and O–H groups in total. The van der Waals surface area contributed by atoms with E-state index >= 15 is 0 Å². The molecule has 356 valence electrons. The SMILES string of the molecule is CC/C=C\C/C=C\C/C=C\C/C=C\CCCOCC(COC1OC(CO)C(O)C(O)C1O)OC(=O)CCCCCCCCCCCCCCCCCCCCCCCCCC. The van der Waals surface area contributed by atoms with Crippen LogP contribution in [0.1, 0.15) is 213 Å². The van der Waals surface area contributed by atoms with E-state index in [0.29, 0.717) is 13.0 Å². The molecule has 0 amide bonds. The second-order valence-corrected chi connectivity index (χ2v) is 17.2. The fraction of sp³-hybridized carbons (Fsp3) is 0.827. The summed E-state index contributed by atoms with van der Waals surface area (Å²) in [5.41, 5.74) is 0. The molecular weight excluding hydrogens is 769 g/mol. The van der Waals surface area contributed by atoms with Crippen LogP contribution in [0.5, 0.6) is 0 Å². The number of aliphatic hydroxyl groups excluding tert-OH is 4. The number of aliphatic hydroxyl groups is 4. The Morgan fingerprint density at radius 2 is 0.984 bits per heavy atom. The van der Waals surface area contributed by atoms with Gasteiger partial charge in [0.1, 0.15) is 30.5 Å². The number of carbonyl (C=O) groups excluding carboxylic acids is 1. The molecule has 6 unspecified atom stereocenters. The predicted molar refractivity (Wildman–Crippen MR) is 251 cm³/mol. The standard InChI is InChI=1S/C52H94O9/c1-3-5-7-9-11-13-15-17-19-20-21-22-23-24-25-26-27-28-29-31-33-35-37-39-41-48(54)60-46(45-59-52-51(57)50(56)49(55)47(43-53)61-52)44-58-42-40-38-36-34-32-30-18-16-14-12-10-8-6-4-2/h6,8,12,14,18,30,34,36,46-47,49-53,55-57H,3-5,7,9-11,13,15-17,19-29,31-33,35,37-45H2,1-2H3/b8-6-,14-12-,30-18-,36-34-. The molecule has 1 fully saturated rings. The molecule has 1 aliphatic rings. The van der Waals surface area contributed by atoms with Crippen LogP contribution in [0.25, 0.3) is 0 Å². The monoisotopic (exact) mass is 863 g/mol. The van der Waals surface area contributed by atoms with Gasteiger partial charge < -0.3 is 39.4 Å². The van der Waals surface area contributed by atoms with Gasteiger partial charge in [-0.1, -0.05) is 210 Å². The van der Waals surface area contributed by atoms with Crippen LogP contribution in [-0.2, 0) is 23.7 Å². The molecule has 1 heterocycles. The van der Waals surface area contributed by atoms with E-state index in [1.807, 2.05) is 0 Å². The molecule has 0 spiro atoms. The quantitative estimate of drug-likeness (QED) is 0.0268. The molecule has 0 aromatic carbocycles. The van der Waals surface area contributed by atoms with Crippen LogP contribution in [0.15, 0.2) is 48.6 Å². The lowest BCUT2D eigenvalue weighted by Crippen LogP contribution is -2.59. The highest BCUT2D eigenvalue weighted by atomic mass is 16.7. The van der Waals surface area contributed by atoms with E-state index in [4.69, 9.17) is 18.9 Å². The second-order valence-electron chi connectivity index (χ2n) is 17.2. The van der Waals surface area contributed by atoms with Crippen molar-refractivity contribution in [2.24, 2.45) is 0 Å². The number of esters is 1. The van der Waals surface area contributed by atoms with Crippen molar-refractivity contribution in [3.63, 3.8) is 0 Å². The Bertz CT molecular complexity index is 1070. The van der Waals surface area contributed by atoms with Crippen LogP contribution in [0.4, 0.5) is 0 Å². The van der Waals surface area contributed by atoms with Gasteiger partial charge in [-0.05, 0) is 44.9 Å². The van der Waals surface area contributed by atoms with Crippen LogP contribution < -0.4 is 0 Å². The Morgan fingerprint density at radius 1 is 0.541 bits per heavy atom. The van der Waals surface area contributed by atoms with Gasteiger partial charge in [0, 0.05) is 13.0 Å². The Labute approximate surface area is 373 Å². The topological polar surface area (TPSA) is 135 Å². The van der Waals surface area contributed by atoms with Crippen LogP contribution in [0, 0.1) is 0 Å².